The first-order chi connectivity index (χ1) is 21.9. The molecule has 3 unspecified atom stereocenters. The topological polar surface area (TPSA) is 120 Å². The predicted octanol–water partition coefficient (Wildman–Crippen LogP) is 5.84. The van der Waals surface area contributed by atoms with E-state index in [1.165, 1.54) is 103 Å². The van der Waals surface area contributed by atoms with Crippen molar-refractivity contribution in [2.75, 3.05) is 0 Å². The summed E-state index contributed by atoms with van der Waals surface area (Å²) < 4.78 is 1.41. The van der Waals surface area contributed by atoms with E-state index >= 15 is 0 Å². The van der Waals surface area contributed by atoms with Crippen molar-refractivity contribution >= 4 is 81.9 Å². The van der Waals surface area contributed by atoms with Crippen LogP contribution in [-0.2, 0) is 14.4 Å². The van der Waals surface area contributed by atoms with Gasteiger partial charge in [0.05, 0.1) is 17.9 Å². The Bertz CT molecular complexity index is 740. The third-order valence-electron chi connectivity index (χ3n) is 7.08. The van der Waals surface area contributed by atoms with Gasteiger partial charge < -0.3 is 29.7 Å². The molecule has 0 N–H and O–H groups in total. The number of hydrogen-bond acceptors (Lipinski definition) is 9. The van der Waals surface area contributed by atoms with Gasteiger partial charge in [0, 0.05) is 15.7 Å². The van der Waals surface area contributed by atoms with E-state index in [0.29, 0.717) is 19.3 Å². The summed E-state index contributed by atoms with van der Waals surface area (Å²) in [6.07, 6.45) is 23.1. The van der Waals surface area contributed by atoms with E-state index in [-0.39, 0.29) is 0 Å². The number of rotatable bonds is 24. The Hall–Kier alpha value is -0.521. The second-order valence-corrected chi connectivity index (χ2v) is 15.1. The predicted molar refractivity (Wildman–Crippen MR) is 199 cm³/mol. The van der Waals surface area contributed by atoms with Gasteiger partial charge in [0.25, 0.3) is 0 Å². The van der Waals surface area contributed by atoms with Gasteiger partial charge in [-0.2, -0.15) is 37.9 Å². The molecule has 1 aromatic carbocycles. The summed E-state index contributed by atoms with van der Waals surface area (Å²) in [5, 5.41) is 29.1. The van der Waals surface area contributed by atoms with Crippen LogP contribution in [0.25, 0.3) is 0 Å². The number of thiol groups is 3. The van der Waals surface area contributed by atoms with Crippen LogP contribution < -0.4 is 18.9 Å². The summed E-state index contributed by atoms with van der Waals surface area (Å²) in [7, 11) is 0. The monoisotopic (exact) mass is 806 g/mol. The summed E-state index contributed by atoms with van der Waals surface area (Å²) in [6.45, 7) is 6.54. The SMILES string of the molecule is CCCCCCCCC(S)C(=O)[O-].CCCCCCCCC(S)C(=O)[O-].CCCCCCCCC(S)C(=O)[O-].[Sn+3][c]1ccccc1. The van der Waals surface area contributed by atoms with Crippen LogP contribution in [0.2, 0.25) is 0 Å². The average molecular weight is 806 g/mol. The van der Waals surface area contributed by atoms with Crippen molar-refractivity contribution in [3.05, 3.63) is 30.3 Å². The van der Waals surface area contributed by atoms with Gasteiger partial charge in [0.1, 0.15) is 0 Å². The van der Waals surface area contributed by atoms with Crippen molar-refractivity contribution in [1.82, 2.24) is 0 Å². The van der Waals surface area contributed by atoms with Crippen LogP contribution in [0, 0.1) is 0 Å². The van der Waals surface area contributed by atoms with E-state index in [2.05, 4.69) is 82.9 Å². The van der Waals surface area contributed by atoms with Crippen molar-refractivity contribution in [2.24, 2.45) is 0 Å². The Labute approximate surface area is 311 Å². The van der Waals surface area contributed by atoms with Crippen LogP contribution in [0.3, 0.4) is 0 Å². The standard InChI is InChI=1S/3C10H20O2S.C6H5.Sn/c3*1-2-3-4-5-6-7-8-9(13)10(11)12;1-2-4-6-5-3-1;/h3*9,13H,2-8H2,1H3,(H,11,12);1-5H;/q;;;;+3/p-3. The van der Waals surface area contributed by atoms with Crippen molar-refractivity contribution in [2.45, 2.75) is 171 Å². The van der Waals surface area contributed by atoms with Crippen LogP contribution in [0.4, 0.5) is 0 Å². The third kappa shape index (κ3) is 41.5. The molecule has 0 aromatic heterocycles. The molecule has 0 heterocycles. The molecule has 0 saturated carbocycles. The zero-order chi connectivity index (χ0) is 35.4. The van der Waals surface area contributed by atoms with Crippen molar-refractivity contribution in [3.63, 3.8) is 0 Å². The van der Waals surface area contributed by atoms with E-state index in [1.54, 1.807) is 0 Å². The third-order valence-corrected chi connectivity index (χ3v) is 9.44. The normalized spacial score (nSPS) is 12.2. The quantitative estimate of drug-likeness (QED) is 0.0687. The molecule has 0 aliphatic rings. The zero-order valence-electron chi connectivity index (χ0n) is 28.8. The molecule has 10 heteroatoms. The van der Waals surface area contributed by atoms with Gasteiger partial charge in [-0.25, -0.2) is 0 Å². The molecule has 0 radical (unpaired) electrons. The van der Waals surface area contributed by atoms with Gasteiger partial charge in [0.15, 0.2) is 0 Å². The van der Waals surface area contributed by atoms with Crippen molar-refractivity contribution < 1.29 is 29.7 Å². The van der Waals surface area contributed by atoms with Gasteiger partial charge in [-0.3, -0.25) is 0 Å². The van der Waals surface area contributed by atoms with E-state index in [1.807, 2.05) is 6.07 Å². The fraction of sp³-hybridized carbons (Fsp3) is 0.750. The van der Waals surface area contributed by atoms with E-state index in [9.17, 15) is 29.7 Å². The van der Waals surface area contributed by atoms with Crippen molar-refractivity contribution in [3.8, 4) is 0 Å². The number of aliphatic carboxylic acids is 3. The molecule has 0 spiro atoms. The van der Waals surface area contributed by atoms with Gasteiger partial charge in [-0.1, -0.05) is 136 Å². The van der Waals surface area contributed by atoms with E-state index in [4.69, 9.17) is 0 Å². The molecule has 6 nitrogen and oxygen atoms in total. The summed E-state index contributed by atoms with van der Waals surface area (Å²) >= 11 is 13.2. The molecule has 264 valence electrons. The molecule has 0 aliphatic heterocycles. The first-order valence-electron chi connectivity index (χ1n) is 17.4. The van der Waals surface area contributed by atoms with E-state index < -0.39 is 33.7 Å². The second kappa shape index (κ2) is 38.9. The molecule has 3 atom stereocenters. The zero-order valence-corrected chi connectivity index (χ0v) is 34.3. The first kappa shape index (κ1) is 49.9. The number of hydrogen-bond donors (Lipinski definition) is 3. The van der Waals surface area contributed by atoms with Gasteiger partial charge in [-0.15, -0.1) is 0 Å². The van der Waals surface area contributed by atoms with Crippen LogP contribution in [-0.4, -0.2) is 56.2 Å². The van der Waals surface area contributed by atoms with Crippen LogP contribution in [0.15, 0.2) is 30.3 Å². The maximum absolute atomic E-state index is 10.3. The summed E-state index contributed by atoms with van der Waals surface area (Å²) in [4.78, 5) is 30.8. The molecule has 0 aliphatic carbocycles. The summed E-state index contributed by atoms with van der Waals surface area (Å²) in [5.41, 5.74) is 0. The minimum atomic E-state index is -1.04. The molecule has 0 saturated heterocycles. The molecular weight excluding hydrogens is 743 g/mol. The molecule has 46 heavy (non-hydrogen) atoms. The number of carbonyl (C=O) groups is 3. The van der Waals surface area contributed by atoms with E-state index in [0.717, 1.165) is 38.5 Å². The summed E-state index contributed by atoms with van der Waals surface area (Å²) in [5.74, 6) is -3.13. The molecule has 1 aromatic rings. The fourth-order valence-corrected chi connectivity index (χ4v) is 5.24. The van der Waals surface area contributed by atoms with Crippen LogP contribution in [0.1, 0.15) is 156 Å². The Balaban J connectivity index is -0.000000546. The molecule has 1 rings (SSSR count). The Morgan fingerprint density at radius 3 is 0.935 bits per heavy atom. The molecule has 0 fully saturated rings. The summed E-state index contributed by atoms with van der Waals surface area (Å²) in [6, 6.07) is 10.4. The molecule has 0 bridgehead atoms. The average Bonchev–Trinajstić information content (AvgIpc) is 3.03. The van der Waals surface area contributed by atoms with Gasteiger partial charge in [0.2, 0.25) is 0 Å². The van der Waals surface area contributed by atoms with Crippen LogP contribution >= 0.6 is 37.9 Å². The fourth-order valence-electron chi connectivity index (χ4n) is 4.15. The number of unbranched alkanes of at least 4 members (excludes halogenated alkanes) is 15. The number of carboxylic acids is 3. The first-order valence-corrected chi connectivity index (χ1v) is 20.3. The van der Waals surface area contributed by atoms with Crippen LogP contribution in [0.5, 0.6) is 0 Å². The molecule has 0 amide bonds. The number of benzene rings is 1. The Kier molecular flexibility index (Phi) is 42.2. The second-order valence-electron chi connectivity index (χ2n) is 11.5. The number of carbonyl (C=O) groups excluding carboxylic acids is 3. The van der Waals surface area contributed by atoms with Gasteiger partial charge >= 0.3 is 56.4 Å². The van der Waals surface area contributed by atoms with Crippen molar-refractivity contribution in [1.29, 1.82) is 0 Å². The molecular formula is C36H62O6S3Sn. The number of carboxylic acid groups (broad SMARTS) is 3. The Morgan fingerprint density at radius 2 is 0.739 bits per heavy atom. The maximum atomic E-state index is 10.3. The Morgan fingerprint density at radius 1 is 0.500 bits per heavy atom. The minimum absolute atomic E-state index is 0.578. The van der Waals surface area contributed by atoms with Gasteiger partial charge in [-0.05, 0) is 19.3 Å².